The summed E-state index contributed by atoms with van der Waals surface area (Å²) in [4.78, 5) is 0. The Hall–Kier alpha value is -1.85. The van der Waals surface area contributed by atoms with Crippen molar-refractivity contribution in [1.29, 1.82) is 0 Å². The summed E-state index contributed by atoms with van der Waals surface area (Å²) in [5.74, 6) is -1.10. The van der Waals surface area contributed by atoms with Crippen LogP contribution < -0.4 is 10.5 Å². The Balaban J connectivity index is 2.29. The molecule has 1 rings (SSSR count). The summed E-state index contributed by atoms with van der Waals surface area (Å²) in [5, 5.41) is 11.1. The van der Waals surface area contributed by atoms with Crippen molar-refractivity contribution in [3.05, 3.63) is 29.8 Å². The molecule has 0 bridgehead atoms. The maximum Gasteiger partial charge on any atom is 0.165 e. The number of nitrogens with two attached hydrogens (primary N) is 1. The molecule has 0 fully saturated rings. The first-order valence-electron chi connectivity index (χ1n) is 5.17. The molecule has 0 aliphatic rings. The summed E-state index contributed by atoms with van der Waals surface area (Å²) >= 11 is 0. The zero-order chi connectivity index (χ0) is 12.7. The van der Waals surface area contributed by atoms with Crippen LogP contribution in [0.3, 0.4) is 0 Å². The van der Waals surface area contributed by atoms with Crippen LogP contribution in [-0.4, -0.2) is 17.6 Å². The Morgan fingerprint density at radius 2 is 2.12 bits per heavy atom. The summed E-state index contributed by atoms with van der Waals surface area (Å²) in [7, 11) is 0. The molecule has 17 heavy (non-hydrogen) atoms. The van der Waals surface area contributed by atoms with Crippen molar-refractivity contribution < 1.29 is 18.7 Å². The van der Waals surface area contributed by atoms with E-state index in [1.165, 1.54) is 0 Å². The topological polar surface area (TPSA) is 67.8 Å². The first-order valence-corrected chi connectivity index (χ1v) is 5.17. The van der Waals surface area contributed by atoms with E-state index in [4.69, 9.17) is 15.7 Å². The van der Waals surface area contributed by atoms with E-state index in [2.05, 4.69) is 5.16 Å². The highest BCUT2D eigenvalue weighted by atomic mass is 19.1. The summed E-state index contributed by atoms with van der Waals surface area (Å²) < 4.78 is 30.9. The van der Waals surface area contributed by atoms with Crippen LogP contribution in [0.15, 0.2) is 23.4 Å². The van der Waals surface area contributed by atoms with Gasteiger partial charge in [-0.1, -0.05) is 5.16 Å². The molecule has 4 nitrogen and oxygen atoms in total. The van der Waals surface area contributed by atoms with E-state index in [0.717, 1.165) is 18.2 Å². The Morgan fingerprint density at radius 1 is 1.35 bits per heavy atom. The zero-order valence-electron chi connectivity index (χ0n) is 9.20. The smallest absolute Gasteiger partial charge is 0.165 e. The zero-order valence-corrected chi connectivity index (χ0v) is 9.20. The van der Waals surface area contributed by atoms with Gasteiger partial charge in [0.25, 0.3) is 0 Å². The summed E-state index contributed by atoms with van der Waals surface area (Å²) in [6.07, 6.45) is 1.69. The Kier molecular flexibility index (Phi) is 5.19. The van der Waals surface area contributed by atoms with Crippen molar-refractivity contribution in [2.45, 2.75) is 19.3 Å². The molecular formula is C11H14F2N2O2. The number of unbranched alkanes of at least 4 members (excludes halogenated alkanes) is 1. The minimum atomic E-state index is -0.595. The summed E-state index contributed by atoms with van der Waals surface area (Å²) in [6.45, 7) is 0.249. The first kappa shape index (κ1) is 13.2. The third-order valence-corrected chi connectivity index (χ3v) is 2.11. The number of benzene rings is 1. The number of nitrogens with zero attached hydrogens (tertiary/aromatic N) is 1. The van der Waals surface area contributed by atoms with E-state index in [-0.39, 0.29) is 18.2 Å². The highest BCUT2D eigenvalue weighted by molar-refractivity contribution is 5.79. The predicted molar refractivity (Wildman–Crippen MR) is 59.1 cm³/mol. The molecule has 0 radical (unpaired) electrons. The first-order chi connectivity index (χ1) is 8.13. The number of amidine groups is 1. The maximum atomic E-state index is 13.1. The Bertz CT molecular complexity index is 397. The van der Waals surface area contributed by atoms with Gasteiger partial charge in [-0.3, -0.25) is 0 Å². The molecule has 0 atom stereocenters. The standard InChI is InChI=1S/C11H14F2N2O2/c12-8-4-5-9(13)10(7-8)17-6-2-1-3-11(14)15-16/h4-5,7,16H,1-3,6H2,(H2,14,15). The average molecular weight is 244 g/mol. The van der Waals surface area contributed by atoms with Crippen LogP contribution in [0.4, 0.5) is 8.78 Å². The second-order valence-corrected chi connectivity index (χ2v) is 3.47. The molecule has 3 N–H and O–H groups in total. The molecule has 94 valence electrons. The lowest BCUT2D eigenvalue weighted by atomic mass is 10.2. The van der Waals surface area contributed by atoms with E-state index < -0.39 is 11.6 Å². The molecule has 0 unspecified atom stereocenters. The van der Waals surface area contributed by atoms with Crippen LogP contribution in [0.2, 0.25) is 0 Å². The summed E-state index contributed by atoms with van der Waals surface area (Å²) in [5.41, 5.74) is 5.26. The van der Waals surface area contributed by atoms with Crippen LogP contribution in [0, 0.1) is 11.6 Å². The SMILES string of the molecule is NC(CCCCOc1cc(F)ccc1F)=NO. The normalized spacial score (nSPS) is 11.5. The third kappa shape index (κ3) is 4.67. The molecular weight excluding hydrogens is 230 g/mol. The van der Waals surface area contributed by atoms with Crippen LogP contribution in [-0.2, 0) is 0 Å². The van der Waals surface area contributed by atoms with Crippen molar-refractivity contribution >= 4 is 5.84 Å². The van der Waals surface area contributed by atoms with Gasteiger partial charge in [0.2, 0.25) is 0 Å². The number of hydrogen-bond acceptors (Lipinski definition) is 3. The fraction of sp³-hybridized carbons (Fsp3) is 0.364. The van der Waals surface area contributed by atoms with Gasteiger partial charge in [-0.15, -0.1) is 0 Å². The minimum absolute atomic E-state index is 0.103. The molecule has 0 aromatic heterocycles. The predicted octanol–water partition coefficient (Wildman–Crippen LogP) is 2.26. The van der Waals surface area contributed by atoms with Gasteiger partial charge in [-0.05, 0) is 25.0 Å². The van der Waals surface area contributed by atoms with Crippen LogP contribution in [0.5, 0.6) is 5.75 Å². The van der Waals surface area contributed by atoms with Crippen molar-refractivity contribution in [3.8, 4) is 5.75 Å². The number of rotatable bonds is 6. The van der Waals surface area contributed by atoms with Gasteiger partial charge in [0, 0.05) is 12.5 Å². The quantitative estimate of drug-likeness (QED) is 0.265. The van der Waals surface area contributed by atoms with Gasteiger partial charge in [-0.2, -0.15) is 0 Å². The van der Waals surface area contributed by atoms with E-state index in [9.17, 15) is 8.78 Å². The van der Waals surface area contributed by atoms with Gasteiger partial charge in [0.15, 0.2) is 11.6 Å². The molecule has 0 aliphatic carbocycles. The fourth-order valence-corrected chi connectivity index (χ4v) is 1.23. The summed E-state index contributed by atoms with van der Waals surface area (Å²) in [6, 6.07) is 3.04. The Labute approximate surface area is 97.7 Å². The molecule has 0 heterocycles. The lowest BCUT2D eigenvalue weighted by molar-refractivity contribution is 0.290. The molecule has 0 spiro atoms. The number of ether oxygens (including phenoxy) is 1. The molecule has 1 aromatic carbocycles. The van der Waals surface area contributed by atoms with E-state index >= 15 is 0 Å². The lowest BCUT2D eigenvalue weighted by Crippen LogP contribution is -2.11. The second kappa shape index (κ2) is 6.67. The van der Waals surface area contributed by atoms with E-state index in [1.54, 1.807) is 0 Å². The van der Waals surface area contributed by atoms with Crippen molar-refractivity contribution in [2.75, 3.05) is 6.61 Å². The van der Waals surface area contributed by atoms with Gasteiger partial charge < -0.3 is 15.7 Å². The number of halogens is 2. The molecule has 1 aromatic rings. The van der Waals surface area contributed by atoms with E-state index in [1.807, 2.05) is 0 Å². The minimum Gasteiger partial charge on any atom is -0.490 e. The van der Waals surface area contributed by atoms with Crippen LogP contribution in [0.1, 0.15) is 19.3 Å². The van der Waals surface area contributed by atoms with Gasteiger partial charge in [-0.25, -0.2) is 8.78 Å². The molecule has 0 saturated carbocycles. The van der Waals surface area contributed by atoms with Gasteiger partial charge >= 0.3 is 0 Å². The number of hydrogen-bond donors (Lipinski definition) is 2. The van der Waals surface area contributed by atoms with Crippen LogP contribution >= 0.6 is 0 Å². The molecule has 0 aliphatic heterocycles. The number of oxime groups is 1. The second-order valence-electron chi connectivity index (χ2n) is 3.47. The van der Waals surface area contributed by atoms with Crippen LogP contribution in [0.25, 0.3) is 0 Å². The highest BCUT2D eigenvalue weighted by Crippen LogP contribution is 2.18. The fourth-order valence-electron chi connectivity index (χ4n) is 1.23. The third-order valence-electron chi connectivity index (χ3n) is 2.11. The van der Waals surface area contributed by atoms with Crippen molar-refractivity contribution in [3.63, 3.8) is 0 Å². The van der Waals surface area contributed by atoms with Crippen molar-refractivity contribution in [1.82, 2.24) is 0 Å². The monoisotopic (exact) mass is 244 g/mol. The van der Waals surface area contributed by atoms with E-state index in [0.29, 0.717) is 19.3 Å². The Morgan fingerprint density at radius 3 is 2.82 bits per heavy atom. The van der Waals surface area contributed by atoms with Gasteiger partial charge in [0.1, 0.15) is 11.7 Å². The van der Waals surface area contributed by atoms with Crippen molar-refractivity contribution in [2.24, 2.45) is 10.9 Å². The maximum absolute atomic E-state index is 13.1. The molecule has 0 saturated heterocycles. The lowest BCUT2D eigenvalue weighted by Gasteiger charge is -2.06. The highest BCUT2D eigenvalue weighted by Gasteiger charge is 2.04. The van der Waals surface area contributed by atoms with Gasteiger partial charge in [0.05, 0.1) is 6.61 Å². The molecule has 0 amide bonds. The molecule has 6 heteroatoms. The average Bonchev–Trinajstić information content (AvgIpc) is 2.32. The largest absolute Gasteiger partial charge is 0.490 e.